The summed E-state index contributed by atoms with van der Waals surface area (Å²) in [5, 5.41) is 7.04. The number of likely N-dealkylation sites (N-methyl/N-ethyl adjacent to an activating group) is 1. The van der Waals surface area contributed by atoms with Crippen LogP contribution in [0.15, 0.2) is 9.90 Å². The number of nitrogens with zero attached hydrogens (tertiary/aromatic N) is 5. The Labute approximate surface area is 145 Å². The molecule has 0 radical (unpaired) electrons. The molecule has 8 heteroatoms. The number of amides is 1. The second-order valence-electron chi connectivity index (χ2n) is 6.23. The molecule has 2 aromatic rings. The van der Waals surface area contributed by atoms with Crippen LogP contribution in [-0.4, -0.2) is 51.5 Å². The van der Waals surface area contributed by atoms with Crippen LogP contribution < -0.4 is 0 Å². The summed E-state index contributed by atoms with van der Waals surface area (Å²) >= 11 is 1.55. The van der Waals surface area contributed by atoms with E-state index in [0.29, 0.717) is 12.3 Å². The quantitative estimate of drug-likeness (QED) is 0.794. The number of thiazole rings is 1. The molecule has 2 aromatic heterocycles. The van der Waals surface area contributed by atoms with E-state index in [1.165, 1.54) is 0 Å². The van der Waals surface area contributed by atoms with Crippen LogP contribution >= 0.6 is 11.3 Å². The summed E-state index contributed by atoms with van der Waals surface area (Å²) in [6.07, 6.45) is 3.29. The van der Waals surface area contributed by atoms with Gasteiger partial charge in [0.15, 0.2) is 5.82 Å². The largest absolute Gasteiger partial charge is 0.348 e. The lowest BCUT2D eigenvalue weighted by atomic mass is 10.2. The van der Waals surface area contributed by atoms with Gasteiger partial charge in [-0.1, -0.05) is 12.1 Å². The first-order valence-electron chi connectivity index (χ1n) is 8.26. The Kier molecular flexibility index (Phi) is 5.25. The fraction of sp³-hybridized carbons (Fsp3) is 0.625. The van der Waals surface area contributed by atoms with Crippen LogP contribution in [0.4, 0.5) is 0 Å². The van der Waals surface area contributed by atoms with Crippen molar-refractivity contribution in [2.45, 2.75) is 45.2 Å². The molecule has 1 fully saturated rings. The second-order valence-corrected chi connectivity index (χ2v) is 7.17. The molecule has 130 valence electrons. The highest BCUT2D eigenvalue weighted by Gasteiger charge is 2.30. The molecule has 0 aromatic carbocycles. The third-order valence-corrected chi connectivity index (χ3v) is 5.11. The standard InChI is InChI=1S/C16H23N5O2S/c1-4-13-18-16(19-23-13)12-6-5-7-21(12)9-11-10-24-14(17-11)8-15(22)20(2)3/h10,12H,4-9H2,1-3H3/t12-/m1/s1. The summed E-state index contributed by atoms with van der Waals surface area (Å²) in [5.41, 5.74) is 1.01. The molecular weight excluding hydrogens is 326 g/mol. The van der Waals surface area contributed by atoms with E-state index in [-0.39, 0.29) is 11.9 Å². The minimum atomic E-state index is 0.0776. The van der Waals surface area contributed by atoms with E-state index in [9.17, 15) is 4.79 Å². The Morgan fingerprint density at radius 1 is 1.46 bits per heavy atom. The Hall–Kier alpha value is -1.80. The van der Waals surface area contributed by atoms with E-state index < -0.39 is 0 Å². The van der Waals surface area contributed by atoms with Gasteiger partial charge in [0.25, 0.3) is 0 Å². The van der Waals surface area contributed by atoms with Crippen molar-refractivity contribution in [2.24, 2.45) is 0 Å². The van der Waals surface area contributed by atoms with Crippen LogP contribution in [0, 0.1) is 0 Å². The summed E-state index contributed by atoms with van der Waals surface area (Å²) in [5.74, 6) is 1.55. The molecule has 0 N–H and O–H groups in total. The molecule has 0 saturated carbocycles. The molecule has 0 bridgehead atoms. The number of likely N-dealkylation sites (tertiary alicyclic amines) is 1. The molecule has 7 nitrogen and oxygen atoms in total. The molecule has 3 rings (SSSR count). The van der Waals surface area contributed by atoms with Gasteiger partial charge in [-0.2, -0.15) is 4.98 Å². The lowest BCUT2D eigenvalue weighted by Gasteiger charge is -2.20. The van der Waals surface area contributed by atoms with Gasteiger partial charge in [-0.05, 0) is 19.4 Å². The lowest BCUT2D eigenvalue weighted by molar-refractivity contribution is -0.127. The maximum absolute atomic E-state index is 11.8. The Balaban J connectivity index is 1.64. The van der Waals surface area contributed by atoms with Gasteiger partial charge < -0.3 is 9.42 Å². The van der Waals surface area contributed by atoms with Crippen molar-refractivity contribution >= 4 is 17.2 Å². The number of aromatic nitrogens is 3. The van der Waals surface area contributed by atoms with Gasteiger partial charge in [0.2, 0.25) is 11.8 Å². The maximum Gasteiger partial charge on any atom is 0.228 e. The molecule has 0 aliphatic carbocycles. The molecular formula is C16H23N5O2S. The van der Waals surface area contributed by atoms with E-state index in [1.807, 2.05) is 12.3 Å². The first-order chi connectivity index (χ1) is 11.6. The van der Waals surface area contributed by atoms with Crippen molar-refractivity contribution in [3.63, 3.8) is 0 Å². The molecule has 1 atom stereocenters. The summed E-state index contributed by atoms with van der Waals surface area (Å²) in [7, 11) is 3.53. The predicted octanol–water partition coefficient (Wildman–Crippen LogP) is 2.06. The molecule has 1 aliphatic rings. The zero-order valence-electron chi connectivity index (χ0n) is 14.4. The van der Waals surface area contributed by atoms with Crippen molar-refractivity contribution < 1.29 is 9.32 Å². The average Bonchev–Trinajstić information content (AvgIpc) is 3.28. The third kappa shape index (κ3) is 3.81. The first-order valence-corrected chi connectivity index (χ1v) is 9.14. The van der Waals surface area contributed by atoms with Crippen molar-refractivity contribution in [1.82, 2.24) is 24.9 Å². The predicted molar refractivity (Wildman–Crippen MR) is 90.6 cm³/mol. The fourth-order valence-corrected chi connectivity index (χ4v) is 3.63. The highest BCUT2D eigenvalue weighted by Crippen LogP contribution is 2.31. The number of hydrogen-bond donors (Lipinski definition) is 0. The summed E-state index contributed by atoms with van der Waals surface area (Å²) < 4.78 is 5.25. The minimum Gasteiger partial charge on any atom is -0.348 e. The Bertz CT molecular complexity index is 696. The van der Waals surface area contributed by atoms with Gasteiger partial charge in [-0.3, -0.25) is 9.69 Å². The molecule has 1 saturated heterocycles. The zero-order valence-corrected chi connectivity index (χ0v) is 15.2. The number of carbonyl (C=O) groups is 1. The van der Waals surface area contributed by atoms with E-state index >= 15 is 0 Å². The monoisotopic (exact) mass is 349 g/mol. The maximum atomic E-state index is 11.8. The van der Waals surface area contributed by atoms with Gasteiger partial charge in [0.1, 0.15) is 5.01 Å². The summed E-state index contributed by atoms with van der Waals surface area (Å²) in [6.45, 7) is 3.77. The van der Waals surface area contributed by atoms with Gasteiger partial charge in [0.05, 0.1) is 18.2 Å². The normalized spacial score (nSPS) is 18.2. The Morgan fingerprint density at radius 3 is 3.00 bits per heavy atom. The van der Waals surface area contributed by atoms with Crippen LogP contribution in [0.5, 0.6) is 0 Å². The highest BCUT2D eigenvalue weighted by molar-refractivity contribution is 7.09. The second kappa shape index (κ2) is 7.40. The number of hydrogen-bond acceptors (Lipinski definition) is 7. The SMILES string of the molecule is CCc1nc([C@H]2CCCN2Cc2csc(CC(=O)N(C)C)n2)no1. The third-order valence-electron chi connectivity index (χ3n) is 4.21. The molecule has 3 heterocycles. The van der Waals surface area contributed by atoms with Crippen LogP contribution in [0.3, 0.4) is 0 Å². The number of rotatable bonds is 6. The lowest BCUT2D eigenvalue weighted by Crippen LogP contribution is -2.24. The van der Waals surface area contributed by atoms with Gasteiger partial charge in [-0.15, -0.1) is 11.3 Å². The fourth-order valence-electron chi connectivity index (χ4n) is 2.85. The first kappa shape index (κ1) is 17.0. The Morgan fingerprint density at radius 2 is 2.29 bits per heavy atom. The molecule has 1 aliphatic heterocycles. The van der Waals surface area contributed by atoms with Crippen molar-refractivity contribution in [1.29, 1.82) is 0 Å². The van der Waals surface area contributed by atoms with Crippen LogP contribution in [0.25, 0.3) is 0 Å². The average molecular weight is 349 g/mol. The van der Waals surface area contributed by atoms with Crippen LogP contribution in [0.1, 0.15) is 48.2 Å². The van der Waals surface area contributed by atoms with Gasteiger partial charge in [0, 0.05) is 32.4 Å². The number of carbonyl (C=O) groups excluding carboxylic acids is 1. The van der Waals surface area contributed by atoms with Crippen molar-refractivity contribution in [2.75, 3.05) is 20.6 Å². The van der Waals surface area contributed by atoms with Gasteiger partial charge in [-0.25, -0.2) is 4.98 Å². The van der Waals surface area contributed by atoms with E-state index in [4.69, 9.17) is 4.52 Å². The topological polar surface area (TPSA) is 75.4 Å². The van der Waals surface area contributed by atoms with E-state index in [0.717, 1.165) is 48.9 Å². The highest BCUT2D eigenvalue weighted by atomic mass is 32.1. The van der Waals surface area contributed by atoms with Crippen LogP contribution in [-0.2, 0) is 24.2 Å². The molecule has 24 heavy (non-hydrogen) atoms. The van der Waals surface area contributed by atoms with Crippen molar-refractivity contribution in [3.8, 4) is 0 Å². The summed E-state index contributed by atoms with van der Waals surface area (Å²) in [6, 6.07) is 0.197. The number of aryl methyl sites for hydroxylation is 1. The molecule has 0 unspecified atom stereocenters. The molecule has 0 spiro atoms. The zero-order chi connectivity index (χ0) is 17.1. The smallest absolute Gasteiger partial charge is 0.228 e. The van der Waals surface area contributed by atoms with Crippen molar-refractivity contribution in [3.05, 3.63) is 27.8 Å². The summed E-state index contributed by atoms with van der Waals surface area (Å²) in [4.78, 5) is 24.8. The van der Waals surface area contributed by atoms with Crippen LogP contribution in [0.2, 0.25) is 0 Å². The van der Waals surface area contributed by atoms with E-state index in [2.05, 4.69) is 20.0 Å². The van der Waals surface area contributed by atoms with Gasteiger partial charge >= 0.3 is 0 Å². The van der Waals surface area contributed by atoms with E-state index in [1.54, 1.807) is 30.3 Å². The minimum absolute atomic E-state index is 0.0776. The molecule has 1 amide bonds.